The summed E-state index contributed by atoms with van der Waals surface area (Å²) in [6.07, 6.45) is 3.41. The summed E-state index contributed by atoms with van der Waals surface area (Å²) < 4.78 is 1.30. The quantitative estimate of drug-likeness (QED) is 0.709. The van der Waals surface area contributed by atoms with Crippen molar-refractivity contribution in [3.8, 4) is 0 Å². The van der Waals surface area contributed by atoms with Crippen molar-refractivity contribution in [2.45, 2.75) is 31.5 Å². The maximum Gasteiger partial charge on any atom is 0.268 e. The van der Waals surface area contributed by atoms with Gasteiger partial charge < -0.3 is 15.3 Å². The van der Waals surface area contributed by atoms with Crippen molar-refractivity contribution < 1.29 is 5.11 Å². The SMILES string of the molecule is CN(C)c1cnn(CC(O)CNC2CC2)c(=O)c1. The first-order valence-electron chi connectivity index (χ1n) is 6.22. The molecule has 2 rings (SSSR count). The van der Waals surface area contributed by atoms with Crippen LogP contribution in [0.15, 0.2) is 17.1 Å². The van der Waals surface area contributed by atoms with Gasteiger partial charge in [-0.25, -0.2) is 4.68 Å². The minimum absolute atomic E-state index is 0.188. The summed E-state index contributed by atoms with van der Waals surface area (Å²) >= 11 is 0. The molecule has 6 nitrogen and oxygen atoms in total. The second-order valence-corrected chi connectivity index (χ2v) is 4.96. The summed E-state index contributed by atoms with van der Waals surface area (Å²) in [5.41, 5.74) is 0.577. The topological polar surface area (TPSA) is 70.4 Å². The van der Waals surface area contributed by atoms with Crippen molar-refractivity contribution in [3.05, 3.63) is 22.6 Å². The van der Waals surface area contributed by atoms with Gasteiger partial charge in [0.15, 0.2) is 0 Å². The number of aliphatic hydroxyl groups is 1. The van der Waals surface area contributed by atoms with E-state index in [-0.39, 0.29) is 12.1 Å². The number of anilines is 1. The molecule has 1 aromatic rings. The van der Waals surface area contributed by atoms with E-state index < -0.39 is 6.10 Å². The minimum atomic E-state index is -0.582. The summed E-state index contributed by atoms with van der Waals surface area (Å²) in [7, 11) is 3.71. The molecule has 0 bridgehead atoms. The number of rotatable bonds is 6. The monoisotopic (exact) mass is 252 g/mol. The third-order valence-corrected chi connectivity index (χ3v) is 2.97. The lowest BCUT2D eigenvalue weighted by atomic mass is 10.3. The van der Waals surface area contributed by atoms with Gasteiger partial charge in [0.25, 0.3) is 5.56 Å². The van der Waals surface area contributed by atoms with Gasteiger partial charge in [-0.05, 0) is 12.8 Å². The zero-order chi connectivity index (χ0) is 13.1. The Balaban J connectivity index is 1.93. The zero-order valence-electron chi connectivity index (χ0n) is 10.8. The molecule has 18 heavy (non-hydrogen) atoms. The molecule has 1 unspecified atom stereocenters. The number of hydrogen-bond donors (Lipinski definition) is 2. The maximum absolute atomic E-state index is 11.8. The molecule has 1 fully saturated rings. The minimum Gasteiger partial charge on any atom is -0.390 e. The lowest BCUT2D eigenvalue weighted by molar-refractivity contribution is 0.144. The van der Waals surface area contributed by atoms with Crippen molar-refractivity contribution in [2.75, 3.05) is 25.5 Å². The molecule has 1 atom stereocenters. The molecule has 6 heteroatoms. The predicted octanol–water partition coefficient (Wildman–Crippen LogP) is -0.578. The van der Waals surface area contributed by atoms with Crippen molar-refractivity contribution in [2.24, 2.45) is 0 Å². The first-order chi connectivity index (χ1) is 8.56. The summed E-state index contributed by atoms with van der Waals surface area (Å²) in [6.45, 7) is 0.737. The van der Waals surface area contributed by atoms with E-state index in [1.165, 1.54) is 23.6 Å². The van der Waals surface area contributed by atoms with E-state index in [0.29, 0.717) is 12.6 Å². The average molecular weight is 252 g/mol. The van der Waals surface area contributed by atoms with Gasteiger partial charge in [-0.1, -0.05) is 0 Å². The molecular weight excluding hydrogens is 232 g/mol. The van der Waals surface area contributed by atoms with Gasteiger partial charge in [-0.2, -0.15) is 5.10 Å². The van der Waals surface area contributed by atoms with Crippen molar-refractivity contribution in [1.82, 2.24) is 15.1 Å². The van der Waals surface area contributed by atoms with Gasteiger partial charge in [0, 0.05) is 32.7 Å². The Bertz CT molecular complexity index is 454. The molecule has 1 aliphatic rings. The van der Waals surface area contributed by atoms with Crippen molar-refractivity contribution >= 4 is 5.69 Å². The van der Waals surface area contributed by atoms with Crippen LogP contribution in [0.25, 0.3) is 0 Å². The second kappa shape index (κ2) is 5.49. The smallest absolute Gasteiger partial charge is 0.268 e. The summed E-state index contributed by atoms with van der Waals surface area (Å²) in [5.74, 6) is 0. The fraction of sp³-hybridized carbons (Fsp3) is 0.667. The molecule has 0 aliphatic heterocycles. The van der Waals surface area contributed by atoms with Gasteiger partial charge in [-0.3, -0.25) is 4.79 Å². The molecule has 1 heterocycles. The van der Waals surface area contributed by atoms with Crippen LogP contribution in [0.5, 0.6) is 0 Å². The molecule has 100 valence electrons. The van der Waals surface area contributed by atoms with E-state index in [1.54, 1.807) is 6.20 Å². The van der Waals surface area contributed by atoms with E-state index >= 15 is 0 Å². The van der Waals surface area contributed by atoms with Crippen LogP contribution in [0.4, 0.5) is 5.69 Å². The molecule has 1 aromatic heterocycles. The highest BCUT2D eigenvalue weighted by Crippen LogP contribution is 2.18. The first-order valence-corrected chi connectivity index (χ1v) is 6.22. The van der Waals surface area contributed by atoms with Crippen LogP contribution in [0.3, 0.4) is 0 Å². The van der Waals surface area contributed by atoms with Crippen LogP contribution >= 0.6 is 0 Å². The lowest BCUT2D eigenvalue weighted by Crippen LogP contribution is -2.35. The van der Waals surface area contributed by atoms with Gasteiger partial charge in [0.1, 0.15) is 0 Å². The lowest BCUT2D eigenvalue weighted by Gasteiger charge is -2.15. The fourth-order valence-corrected chi connectivity index (χ4v) is 1.66. The van der Waals surface area contributed by atoms with Gasteiger partial charge in [-0.15, -0.1) is 0 Å². The highest BCUT2D eigenvalue weighted by atomic mass is 16.3. The van der Waals surface area contributed by atoms with Crippen LogP contribution in [0, 0.1) is 0 Å². The molecule has 0 spiro atoms. The number of nitrogens with zero attached hydrogens (tertiary/aromatic N) is 3. The van der Waals surface area contributed by atoms with E-state index in [2.05, 4.69) is 10.4 Å². The highest BCUT2D eigenvalue weighted by Gasteiger charge is 2.21. The van der Waals surface area contributed by atoms with Crippen LogP contribution < -0.4 is 15.8 Å². The summed E-state index contributed by atoms with van der Waals surface area (Å²) in [4.78, 5) is 13.6. The normalized spacial score (nSPS) is 16.6. The first kappa shape index (κ1) is 13.0. The van der Waals surface area contributed by atoms with Crippen molar-refractivity contribution in [1.29, 1.82) is 0 Å². The largest absolute Gasteiger partial charge is 0.390 e. The molecule has 0 radical (unpaired) electrons. The van der Waals surface area contributed by atoms with Crippen molar-refractivity contribution in [3.63, 3.8) is 0 Å². The Hall–Kier alpha value is -1.40. The Kier molecular flexibility index (Phi) is 3.98. The van der Waals surface area contributed by atoms with Gasteiger partial charge in [0.2, 0.25) is 0 Å². The number of aliphatic hydroxyl groups excluding tert-OH is 1. The molecule has 0 saturated heterocycles. The number of nitrogens with one attached hydrogen (secondary N) is 1. The Labute approximate surface area is 106 Å². The Morgan fingerprint density at radius 3 is 2.89 bits per heavy atom. The average Bonchev–Trinajstić information content (AvgIpc) is 3.13. The van der Waals surface area contributed by atoms with Crippen LogP contribution in [0.1, 0.15) is 12.8 Å². The molecule has 0 aromatic carbocycles. The highest BCUT2D eigenvalue weighted by molar-refractivity contribution is 5.40. The fourth-order valence-electron chi connectivity index (χ4n) is 1.66. The molecule has 0 amide bonds. The predicted molar refractivity (Wildman–Crippen MR) is 69.9 cm³/mol. The summed E-state index contributed by atoms with van der Waals surface area (Å²) in [6, 6.07) is 2.08. The molecule has 1 saturated carbocycles. The standard InChI is InChI=1S/C12H20N4O2/c1-15(2)10-5-12(18)16(14-6-10)8-11(17)7-13-9-3-4-9/h5-6,9,11,13,17H,3-4,7-8H2,1-2H3. The second-order valence-electron chi connectivity index (χ2n) is 4.96. The Morgan fingerprint density at radius 1 is 1.61 bits per heavy atom. The Morgan fingerprint density at radius 2 is 2.33 bits per heavy atom. The van der Waals surface area contributed by atoms with E-state index in [1.807, 2.05) is 19.0 Å². The number of hydrogen-bond acceptors (Lipinski definition) is 5. The van der Waals surface area contributed by atoms with Crippen LogP contribution in [-0.4, -0.2) is 47.7 Å². The van der Waals surface area contributed by atoms with E-state index in [0.717, 1.165) is 5.69 Å². The number of aromatic nitrogens is 2. The zero-order valence-corrected chi connectivity index (χ0v) is 10.8. The van der Waals surface area contributed by atoms with Gasteiger partial charge >= 0.3 is 0 Å². The van der Waals surface area contributed by atoms with E-state index in [9.17, 15) is 9.90 Å². The van der Waals surface area contributed by atoms with Gasteiger partial charge in [0.05, 0.1) is 24.5 Å². The molecule has 2 N–H and O–H groups in total. The van der Waals surface area contributed by atoms with Crippen LogP contribution in [0.2, 0.25) is 0 Å². The third kappa shape index (κ3) is 3.54. The summed E-state index contributed by atoms with van der Waals surface area (Å²) in [5, 5.41) is 17.1. The third-order valence-electron chi connectivity index (χ3n) is 2.97. The maximum atomic E-state index is 11.8. The molecule has 1 aliphatic carbocycles. The molecular formula is C12H20N4O2. The van der Waals surface area contributed by atoms with E-state index in [4.69, 9.17) is 0 Å². The van der Waals surface area contributed by atoms with Crippen LogP contribution in [-0.2, 0) is 6.54 Å².